The van der Waals surface area contributed by atoms with Crippen LogP contribution in [0.3, 0.4) is 0 Å². The van der Waals surface area contributed by atoms with Crippen molar-refractivity contribution in [3.05, 3.63) is 12.4 Å². The molecule has 1 aromatic rings. The zero-order chi connectivity index (χ0) is 6.91. The first-order chi connectivity index (χ1) is 4.11. The van der Waals surface area contributed by atoms with Crippen LogP contribution in [-0.2, 0) is 9.73 Å². The molecule has 58 valence electrons. The van der Waals surface area contributed by atoms with E-state index in [4.69, 9.17) is 4.78 Å². The normalized spacial score (nSPS) is 15.3. The lowest BCUT2D eigenvalue weighted by atomic mass is 10.7. The molecule has 0 saturated carbocycles. The number of halogens is 1. The van der Waals surface area contributed by atoms with Crippen LogP contribution in [0.15, 0.2) is 17.3 Å². The van der Waals surface area contributed by atoms with Crippen molar-refractivity contribution in [1.29, 1.82) is 4.78 Å². The van der Waals surface area contributed by atoms with E-state index in [0.717, 1.165) is 0 Å². The van der Waals surface area contributed by atoms with Crippen LogP contribution in [0.4, 0.5) is 0 Å². The highest BCUT2D eigenvalue weighted by atomic mass is 35.5. The summed E-state index contributed by atoms with van der Waals surface area (Å²) in [7, 11) is -2.55. The van der Waals surface area contributed by atoms with Crippen LogP contribution >= 0.6 is 12.4 Å². The van der Waals surface area contributed by atoms with Gasteiger partial charge in [0.05, 0.1) is 20.8 Å². The third-order valence-corrected chi connectivity index (χ3v) is 2.05. The molecule has 10 heavy (non-hydrogen) atoms. The Morgan fingerprint density at radius 1 is 1.80 bits per heavy atom. The minimum atomic E-state index is -2.55. The van der Waals surface area contributed by atoms with E-state index in [1.54, 1.807) is 0 Å². The summed E-state index contributed by atoms with van der Waals surface area (Å²) >= 11 is 0. The van der Waals surface area contributed by atoms with Crippen LogP contribution in [0.25, 0.3) is 0 Å². The Morgan fingerprint density at radius 3 is 2.60 bits per heavy atom. The van der Waals surface area contributed by atoms with Gasteiger partial charge in [0.1, 0.15) is 0 Å². The average Bonchev–Trinajstić information content (AvgIpc) is 2.08. The molecule has 6 heteroatoms. The molecule has 1 aromatic heterocycles. The standard InChI is InChI=1S/C4H7N3OS.ClH/c1-9(5,8)4-2-6-7-3-4;/h2-3,5H,1H3,(H,6,7);1H. The van der Waals surface area contributed by atoms with Gasteiger partial charge < -0.3 is 0 Å². The van der Waals surface area contributed by atoms with Crippen LogP contribution in [0.2, 0.25) is 0 Å². The molecule has 2 N–H and O–H groups in total. The second-order valence-electron chi connectivity index (χ2n) is 1.78. The molecular weight excluding hydrogens is 174 g/mol. The highest BCUT2D eigenvalue weighted by Crippen LogP contribution is 2.03. The fourth-order valence-electron chi connectivity index (χ4n) is 0.452. The average molecular weight is 182 g/mol. The van der Waals surface area contributed by atoms with E-state index in [-0.39, 0.29) is 12.4 Å². The summed E-state index contributed by atoms with van der Waals surface area (Å²) < 4.78 is 17.9. The van der Waals surface area contributed by atoms with Crippen LogP contribution in [0, 0.1) is 4.78 Å². The molecule has 0 amide bonds. The van der Waals surface area contributed by atoms with Crippen LogP contribution in [0.5, 0.6) is 0 Å². The third-order valence-electron chi connectivity index (χ3n) is 0.923. The van der Waals surface area contributed by atoms with Gasteiger partial charge >= 0.3 is 0 Å². The molecule has 4 nitrogen and oxygen atoms in total. The molecule has 0 aliphatic heterocycles. The Kier molecular flexibility index (Phi) is 2.86. The number of rotatable bonds is 1. The van der Waals surface area contributed by atoms with Crippen LogP contribution in [-0.4, -0.2) is 20.7 Å². The molecule has 1 heterocycles. The van der Waals surface area contributed by atoms with E-state index in [1.165, 1.54) is 18.6 Å². The topological polar surface area (TPSA) is 69.6 Å². The summed E-state index contributed by atoms with van der Waals surface area (Å²) in [5.74, 6) is 0. The predicted octanol–water partition coefficient (Wildman–Crippen LogP) is 0.867. The Morgan fingerprint density at radius 2 is 2.40 bits per heavy atom. The minimum absolute atomic E-state index is 0. The molecule has 0 aromatic carbocycles. The van der Waals surface area contributed by atoms with E-state index in [9.17, 15) is 4.21 Å². The SMILES string of the molecule is CS(=N)(=O)c1cn[nH]c1.Cl. The molecule has 1 rings (SSSR count). The lowest BCUT2D eigenvalue weighted by molar-refractivity contribution is 0.679. The summed E-state index contributed by atoms with van der Waals surface area (Å²) in [6.45, 7) is 0. The van der Waals surface area contributed by atoms with Crippen molar-refractivity contribution >= 4 is 22.1 Å². The molecule has 0 bridgehead atoms. The summed E-state index contributed by atoms with van der Waals surface area (Å²) in [4.78, 5) is 0.447. The molecule has 0 aliphatic carbocycles. The summed E-state index contributed by atoms with van der Waals surface area (Å²) in [6, 6.07) is 0. The van der Waals surface area contributed by atoms with E-state index >= 15 is 0 Å². The Hall–Kier alpha value is -0.550. The minimum Gasteiger partial charge on any atom is -0.284 e. The summed E-state index contributed by atoms with van der Waals surface area (Å²) in [6.07, 6.45) is 4.22. The van der Waals surface area contributed by atoms with E-state index in [2.05, 4.69) is 10.2 Å². The maximum absolute atomic E-state index is 10.9. The van der Waals surface area contributed by atoms with Gasteiger partial charge in [0, 0.05) is 12.5 Å². The van der Waals surface area contributed by atoms with Crippen molar-refractivity contribution < 1.29 is 4.21 Å². The second kappa shape index (κ2) is 3.03. The van der Waals surface area contributed by atoms with Gasteiger partial charge in [-0.2, -0.15) is 5.10 Å². The Labute approximate surface area is 65.4 Å². The fourth-order valence-corrected chi connectivity index (χ4v) is 0.984. The van der Waals surface area contributed by atoms with Crippen LogP contribution < -0.4 is 0 Å². The van der Waals surface area contributed by atoms with Gasteiger partial charge in [-0.15, -0.1) is 12.4 Å². The maximum atomic E-state index is 10.9. The molecule has 1 atom stereocenters. The first kappa shape index (κ1) is 9.45. The van der Waals surface area contributed by atoms with Crippen molar-refractivity contribution in [3.63, 3.8) is 0 Å². The van der Waals surface area contributed by atoms with Gasteiger partial charge in [0.25, 0.3) is 0 Å². The Balaban J connectivity index is 0.000000810. The number of H-pyrrole nitrogens is 1. The molecular formula is C4H8ClN3OS. The van der Waals surface area contributed by atoms with Crippen molar-refractivity contribution in [3.8, 4) is 0 Å². The zero-order valence-electron chi connectivity index (χ0n) is 5.33. The zero-order valence-corrected chi connectivity index (χ0v) is 6.96. The van der Waals surface area contributed by atoms with Crippen LogP contribution in [0.1, 0.15) is 0 Å². The second-order valence-corrected chi connectivity index (χ2v) is 3.94. The number of aromatic amines is 1. The summed E-state index contributed by atoms with van der Waals surface area (Å²) in [5.41, 5.74) is 0. The fraction of sp³-hybridized carbons (Fsp3) is 0.250. The van der Waals surface area contributed by atoms with E-state index in [1.807, 2.05) is 0 Å². The van der Waals surface area contributed by atoms with Gasteiger partial charge in [-0.05, 0) is 0 Å². The number of nitrogens with one attached hydrogen (secondary N) is 2. The van der Waals surface area contributed by atoms with Gasteiger partial charge in [-0.25, -0.2) is 8.99 Å². The molecule has 1 unspecified atom stereocenters. The van der Waals surface area contributed by atoms with Crippen molar-refractivity contribution in [1.82, 2.24) is 10.2 Å². The molecule has 0 radical (unpaired) electrons. The first-order valence-corrected chi connectivity index (χ1v) is 4.30. The number of hydrogen-bond acceptors (Lipinski definition) is 3. The lowest BCUT2D eigenvalue weighted by Gasteiger charge is -1.90. The van der Waals surface area contributed by atoms with Crippen molar-refractivity contribution in [2.24, 2.45) is 0 Å². The molecule has 0 spiro atoms. The van der Waals surface area contributed by atoms with Gasteiger partial charge in [0.2, 0.25) is 0 Å². The maximum Gasteiger partial charge on any atom is 0.0846 e. The Bertz CT molecular complexity index is 277. The highest BCUT2D eigenvalue weighted by molar-refractivity contribution is 7.91. The van der Waals surface area contributed by atoms with Crippen molar-refractivity contribution in [2.75, 3.05) is 6.26 Å². The molecule has 0 aliphatic rings. The number of aromatic nitrogens is 2. The largest absolute Gasteiger partial charge is 0.284 e. The van der Waals surface area contributed by atoms with Crippen molar-refractivity contribution in [2.45, 2.75) is 4.90 Å². The number of hydrogen-bond donors (Lipinski definition) is 2. The summed E-state index contributed by atoms with van der Waals surface area (Å²) in [5, 5.41) is 6.05. The molecule has 0 saturated heterocycles. The monoisotopic (exact) mass is 181 g/mol. The highest BCUT2D eigenvalue weighted by Gasteiger charge is 2.01. The number of nitrogens with zero attached hydrogens (tertiary/aromatic N) is 1. The van der Waals surface area contributed by atoms with Gasteiger partial charge in [-0.1, -0.05) is 0 Å². The third kappa shape index (κ3) is 2.00. The van der Waals surface area contributed by atoms with E-state index < -0.39 is 9.73 Å². The predicted molar refractivity (Wildman–Crippen MR) is 40.9 cm³/mol. The first-order valence-electron chi connectivity index (χ1n) is 2.33. The smallest absolute Gasteiger partial charge is 0.0846 e. The van der Waals surface area contributed by atoms with Gasteiger partial charge in [-0.3, -0.25) is 5.10 Å². The lowest BCUT2D eigenvalue weighted by Crippen LogP contribution is -1.90. The molecule has 0 fully saturated rings. The van der Waals surface area contributed by atoms with Gasteiger partial charge in [0.15, 0.2) is 0 Å². The quantitative estimate of drug-likeness (QED) is 0.675. The van der Waals surface area contributed by atoms with E-state index in [0.29, 0.717) is 4.90 Å².